The van der Waals surface area contributed by atoms with Gasteiger partial charge >= 0.3 is 5.97 Å². The molecule has 0 bridgehead atoms. The van der Waals surface area contributed by atoms with Gasteiger partial charge in [0.15, 0.2) is 0 Å². The highest BCUT2D eigenvalue weighted by atomic mass is 35.5. The van der Waals surface area contributed by atoms with Gasteiger partial charge in [-0.15, -0.1) is 0 Å². The second-order valence-corrected chi connectivity index (χ2v) is 3.48. The summed E-state index contributed by atoms with van der Waals surface area (Å²) in [6, 6.07) is 6.54. The van der Waals surface area contributed by atoms with E-state index >= 15 is 0 Å². The average Bonchev–Trinajstić information content (AvgIpc) is 2.16. The number of benzene rings is 1. The molecule has 4 heteroatoms. The summed E-state index contributed by atoms with van der Waals surface area (Å²) in [5, 5.41) is 9.23. The Morgan fingerprint density at radius 1 is 1.50 bits per heavy atom. The highest BCUT2D eigenvalue weighted by molar-refractivity contribution is 6.31. The van der Waals surface area contributed by atoms with Crippen molar-refractivity contribution in [1.29, 1.82) is 0 Å². The Labute approximate surface area is 87.5 Å². The van der Waals surface area contributed by atoms with Crippen molar-refractivity contribution in [3.05, 3.63) is 34.9 Å². The molecule has 1 rings (SSSR count). The van der Waals surface area contributed by atoms with E-state index in [1.165, 1.54) is 0 Å². The molecule has 0 unspecified atom stereocenters. The summed E-state index contributed by atoms with van der Waals surface area (Å²) in [5.74, 6) is -0.975. The first-order valence-electron chi connectivity index (χ1n) is 4.33. The highest BCUT2D eigenvalue weighted by Gasteiger charge is 2.11. The van der Waals surface area contributed by atoms with Crippen LogP contribution in [-0.2, 0) is 11.2 Å². The van der Waals surface area contributed by atoms with E-state index in [-0.39, 0.29) is 0 Å². The zero-order valence-electron chi connectivity index (χ0n) is 7.61. The summed E-state index contributed by atoms with van der Waals surface area (Å²) in [4.78, 5) is 10.4. The van der Waals surface area contributed by atoms with E-state index in [0.717, 1.165) is 5.56 Å². The van der Waals surface area contributed by atoms with Crippen molar-refractivity contribution in [3.63, 3.8) is 0 Å². The average molecular weight is 214 g/mol. The zero-order chi connectivity index (χ0) is 10.6. The van der Waals surface area contributed by atoms with Gasteiger partial charge in [-0.25, -0.2) is 0 Å². The predicted octanol–water partition coefficient (Wildman–Crippen LogP) is 1.68. The molecule has 0 saturated carbocycles. The lowest BCUT2D eigenvalue weighted by atomic mass is 10.1. The molecule has 1 aromatic carbocycles. The van der Waals surface area contributed by atoms with Crippen molar-refractivity contribution in [2.45, 2.75) is 18.9 Å². The number of nitrogens with two attached hydrogens (primary N) is 1. The highest BCUT2D eigenvalue weighted by Crippen LogP contribution is 2.16. The van der Waals surface area contributed by atoms with E-state index in [4.69, 9.17) is 22.4 Å². The van der Waals surface area contributed by atoms with E-state index in [2.05, 4.69) is 0 Å². The van der Waals surface area contributed by atoms with Crippen molar-refractivity contribution >= 4 is 17.6 Å². The number of carbonyl (C=O) groups is 1. The second-order valence-electron chi connectivity index (χ2n) is 3.07. The lowest BCUT2D eigenvalue weighted by Crippen LogP contribution is -2.30. The van der Waals surface area contributed by atoms with Crippen molar-refractivity contribution < 1.29 is 9.90 Å². The molecule has 1 atom stereocenters. The summed E-state index contributed by atoms with van der Waals surface area (Å²) in [5.41, 5.74) is 6.31. The van der Waals surface area contributed by atoms with Gasteiger partial charge in [-0.3, -0.25) is 4.79 Å². The van der Waals surface area contributed by atoms with Gasteiger partial charge in [0.25, 0.3) is 0 Å². The molecule has 0 aliphatic carbocycles. The van der Waals surface area contributed by atoms with E-state index in [9.17, 15) is 4.79 Å². The van der Waals surface area contributed by atoms with Crippen LogP contribution < -0.4 is 5.73 Å². The number of aryl methyl sites for hydroxylation is 1. The third-order valence-electron chi connectivity index (χ3n) is 2.00. The summed E-state index contributed by atoms with van der Waals surface area (Å²) < 4.78 is 0. The normalized spacial score (nSPS) is 12.4. The number of hydrogen-bond donors (Lipinski definition) is 2. The van der Waals surface area contributed by atoms with Gasteiger partial charge in [0.1, 0.15) is 6.04 Å². The molecule has 0 amide bonds. The number of hydrogen-bond acceptors (Lipinski definition) is 2. The smallest absolute Gasteiger partial charge is 0.320 e. The van der Waals surface area contributed by atoms with Crippen LogP contribution in [0.25, 0.3) is 0 Å². The van der Waals surface area contributed by atoms with Crippen LogP contribution in [0.15, 0.2) is 24.3 Å². The third-order valence-corrected chi connectivity index (χ3v) is 2.37. The molecule has 76 valence electrons. The van der Waals surface area contributed by atoms with E-state index in [1.807, 2.05) is 18.2 Å². The Kier molecular flexibility index (Phi) is 3.92. The van der Waals surface area contributed by atoms with Gasteiger partial charge in [-0.1, -0.05) is 29.8 Å². The van der Waals surface area contributed by atoms with Crippen LogP contribution >= 0.6 is 11.6 Å². The fourth-order valence-corrected chi connectivity index (χ4v) is 1.37. The molecule has 0 saturated heterocycles. The Morgan fingerprint density at radius 3 is 2.71 bits per heavy atom. The zero-order valence-corrected chi connectivity index (χ0v) is 8.37. The Bertz CT molecular complexity index is 328. The lowest BCUT2D eigenvalue weighted by Gasteiger charge is -2.07. The maximum absolute atomic E-state index is 10.4. The van der Waals surface area contributed by atoms with Gasteiger partial charge in [0, 0.05) is 5.02 Å². The molecule has 0 spiro atoms. The van der Waals surface area contributed by atoms with Crippen LogP contribution in [0.3, 0.4) is 0 Å². The SMILES string of the molecule is N[C@@H](CCc1ccccc1Cl)C(=O)O. The number of aliphatic carboxylic acids is 1. The lowest BCUT2D eigenvalue weighted by molar-refractivity contribution is -0.138. The number of halogens is 1. The number of rotatable bonds is 4. The molecule has 0 aromatic heterocycles. The molecule has 3 N–H and O–H groups in total. The minimum Gasteiger partial charge on any atom is -0.480 e. The molecule has 0 aliphatic heterocycles. The largest absolute Gasteiger partial charge is 0.480 e. The predicted molar refractivity (Wildman–Crippen MR) is 55.4 cm³/mol. The first-order chi connectivity index (χ1) is 6.61. The number of carboxylic acid groups (broad SMARTS) is 1. The van der Waals surface area contributed by atoms with Crippen LogP contribution in [0.2, 0.25) is 5.02 Å². The number of carboxylic acids is 1. The fraction of sp³-hybridized carbons (Fsp3) is 0.300. The summed E-state index contributed by atoms with van der Waals surface area (Å²) in [7, 11) is 0. The molecule has 0 heterocycles. The fourth-order valence-electron chi connectivity index (χ4n) is 1.14. The van der Waals surface area contributed by atoms with Crippen LogP contribution in [0.5, 0.6) is 0 Å². The van der Waals surface area contributed by atoms with Crippen LogP contribution in [0.4, 0.5) is 0 Å². The Hall–Kier alpha value is -1.06. The Balaban J connectivity index is 2.54. The van der Waals surface area contributed by atoms with Crippen molar-refractivity contribution in [3.8, 4) is 0 Å². The van der Waals surface area contributed by atoms with Crippen molar-refractivity contribution in [2.75, 3.05) is 0 Å². The molecule has 3 nitrogen and oxygen atoms in total. The van der Waals surface area contributed by atoms with Gasteiger partial charge in [0.2, 0.25) is 0 Å². The monoisotopic (exact) mass is 213 g/mol. The van der Waals surface area contributed by atoms with Crippen LogP contribution in [0, 0.1) is 0 Å². The molecular formula is C10H12ClNO2. The van der Waals surface area contributed by atoms with Crippen molar-refractivity contribution in [1.82, 2.24) is 0 Å². The van der Waals surface area contributed by atoms with E-state index in [0.29, 0.717) is 17.9 Å². The summed E-state index contributed by atoms with van der Waals surface area (Å²) in [6.45, 7) is 0. The molecular weight excluding hydrogens is 202 g/mol. The quantitative estimate of drug-likeness (QED) is 0.800. The second kappa shape index (κ2) is 4.98. The minimum absolute atomic E-state index is 0.402. The van der Waals surface area contributed by atoms with E-state index in [1.54, 1.807) is 6.07 Å². The molecule has 0 fully saturated rings. The minimum atomic E-state index is -0.975. The van der Waals surface area contributed by atoms with Gasteiger partial charge in [-0.2, -0.15) is 0 Å². The third kappa shape index (κ3) is 3.01. The van der Waals surface area contributed by atoms with Gasteiger partial charge in [0.05, 0.1) is 0 Å². The van der Waals surface area contributed by atoms with Gasteiger partial charge < -0.3 is 10.8 Å². The standard InChI is InChI=1S/C10H12ClNO2/c11-8-4-2-1-3-7(8)5-6-9(12)10(13)14/h1-4,9H,5-6,12H2,(H,13,14)/t9-/m0/s1. The molecule has 0 aliphatic rings. The molecule has 14 heavy (non-hydrogen) atoms. The van der Waals surface area contributed by atoms with Crippen LogP contribution in [0.1, 0.15) is 12.0 Å². The maximum atomic E-state index is 10.4. The molecule has 1 aromatic rings. The Morgan fingerprint density at radius 2 is 2.14 bits per heavy atom. The topological polar surface area (TPSA) is 63.3 Å². The summed E-state index contributed by atoms with van der Waals surface area (Å²) >= 11 is 5.90. The van der Waals surface area contributed by atoms with Gasteiger partial charge in [-0.05, 0) is 24.5 Å². The first kappa shape index (κ1) is 11.0. The van der Waals surface area contributed by atoms with Crippen molar-refractivity contribution in [2.24, 2.45) is 5.73 Å². The summed E-state index contributed by atoms with van der Waals surface area (Å²) in [6.07, 6.45) is 0.992. The molecule has 0 radical (unpaired) electrons. The maximum Gasteiger partial charge on any atom is 0.320 e. The van der Waals surface area contributed by atoms with E-state index < -0.39 is 12.0 Å². The van der Waals surface area contributed by atoms with Crippen LogP contribution in [-0.4, -0.2) is 17.1 Å². The first-order valence-corrected chi connectivity index (χ1v) is 4.71.